The summed E-state index contributed by atoms with van der Waals surface area (Å²) in [6.45, 7) is 0.898. The number of benzene rings is 2. The zero-order valence-corrected chi connectivity index (χ0v) is 13.0. The molecule has 0 unspecified atom stereocenters. The van der Waals surface area contributed by atoms with E-state index < -0.39 is 0 Å². The van der Waals surface area contributed by atoms with E-state index in [1.807, 2.05) is 35.0 Å². The fourth-order valence-electron chi connectivity index (χ4n) is 3.02. The average Bonchev–Trinajstić information content (AvgIpc) is 3.06. The minimum Gasteiger partial charge on any atom is -0.346 e. The van der Waals surface area contributed by atoms with E-state index in [2.05, 4.69) is 0 Å². The minimum absolute atomic E-state index is 0.217. The predicted molar refractivity (Wildman–Crippen MR) is 88.8 cm³/mol. The molecule has 3 aromatic rings. The lowest BCUT2D eigenvalue weighted by molar-refractivity contribution is 0.0649. The van der Waals surface area contributed by atoms with Gasteiger partial charge >= 0.3 is 0 Å². The van der Waals surface area contributed by atoms with E-state index in [0.717, 1.165) is 10.9 Å². The summed E-state index contributed by atoms with van der Waals surface area (Å²) < 4.78 is 2.02. The number of carbonyl (C=O) groups excluding carboxylic acids is 2. The van der Waals surface area contributed by atoms with Crippen molar-refractivity contribution in [3.8, 4) is 0 Å². The van der Waals surface area contributed by atoms with E-state index in [1.54, 1.807) is 24.3 Å². The third-order valence-electron chi connectivity index (χ3n) is 4.18. The molecule has 2 heterocycles. The van der Waals surface area contributed by atoms with Crippen molar-refractivity contribution in [2.75, 3.05) is 6.54 Å². The molecule has 0 saturated heterocycles. The number of amides is 2. The molecule has 0 radical (unpaired) electrons. The molecule has 1 aromatic heterocycles. The van der Waals surface area contributed by atoms with Crippen LogP contribution >= 0.6 is 11.6 Å². The van der Waals surface area contributed by atoms with Gasteiger partial charge in [0.05, 0.1) is 11.1 Å². The van der Waals surface area contributed by atoms with Gasteiger partial charge in [0.1, 0.15) is 0 Å². The van der Waals surface area contributed by atoms with Crippen LogP contribution in [0.3, 0.4) is 0 Å². The third-order valence-corrected chi connectivity index (χ3v) is 4.41. The van der Waals surface area contributed by atoms with Crippen molar-refractivity contribution in [3.05, 3.63) is 70.9 Å². The number of nitrogens with zero attached hydrogens (tertiary/aromatic N) is 2. The molecule has 23 heavy (non-hydrogen) atoms. The van der Waals surface area contributed by atoms with Gasteiger partial charge in [0.25, 0.3) is 11.8 Å². The maximum atomic E-state index is 12.4. The summed E-state index contributed by atoms with van der Waals surface area (Å²) in [5.74, 6) is -0.435. The zero-order valence-electron chi connectivity index (χ0n) is 12.2. The molecular weight excluding hydrogens is 312 g/mol. The van der Waals surface area contributed by atoms with Gasteiger partial charge < -0.3 is 4.57 Å². The molecule has 0 aliphatic carbocycles. The quantitative estimate of drug-likeness (QED) is 0.691. The summed E-state index contributed by atoms with van der Waals surface area (Å²) >= 11 is 5.99. The molecule has 2 amide bonds. The summed E-state index contributed by atoms with van der Waals surface area (Å²) in [5.41, 5.74) is 2.01. The van der Waals surface area contributed by atoms with Crippen LogP contribution in [0.4, 0.5) is 0 Å². The average molecular weight is 325 g/mol. The van der Waals surface area contributed by atoms with Crippen molar-refractivity contribution in [1.82, 2.24) is 9.47 Å². The van der Waals surface area contributed by atoms with Crippen LogP contribution in [0.25, 0.3) is 10.9 Å². The number of carbonyl (C=O) groups is 2. The van der Waals surface area contributed by atoms with Gasteiger partial charge in [-0.3, -0.25) is 14.5 Å². The molecule has 0 bridgehead atoms. The maximum Gasteiger partial charge on any atom is 0.261 e. The molecule has 1 aliphatic heterocycles. The van der Waals surface area contributed by atoms with Gasteiger partial charge in [-0.1, -0.05) is 23.7 Å². The van der Waals surface area contributed by atoms with E-state index in [0.29, 0.717) is 29.2 Å². The second-order valence-electron chi connectivity index (χ2n) is 5.52. The number of aromatic nitrogens is 1. The molecule has 4 rings (SSSR count). The van der Waals surface area contributed by atoms with Crippen molar-refractivity contribution < 1.29 is 9.59 Å². The molecule has 0 fully saturated rings. The van der Waals surface area contributed by atoms with Crippen LogP contribution in [-0.2, 0) is 6.54 Å². The molecule has 0 spiro atoms. The number of halogens is 1. The van der Waals surface area contributed by atoms with E-state index in [1.165, 1.54) is 4.90 Å². The molecule has 0 N–H and O–H groups in total. The Morgan fingerprint density at radius 1 is 0.870 bits per heavy atom. The second-order valence-corrected chi connectivity index (χ2v) is 5.96. The molecule has 5 heteroatoms. The molecule has 4 nitrogen and oxygen atoms in total. The normalized spacial score (nSPS) is 13.9. The van der Waals surface area contributed by atoms with Crippen LogP contribution in [-0.4, -0.2) is 27.8 Å². The molecule has 0 saturated carbocycles. The van der Waals surface area contributed by atoms with Crippen LogP contribution in [0.1, 0.15) is 20.7 Å². The lowest BCUT2D eigenvalue weighted by Gasteiger charge is -2.14. The van der Waals surface area contributed by atoms with E-state index in [-0.39, 0.29) is 11.8 Å². The highest BCUT2D eigenvalue weighted by Gasteiger charge is 2.34. The first-order valence-electron chi connectivity index (χ1n) is 7.35. The molecular formula is C18H13ClN2O2. The topological polar surface area (TPSA) is 42.3 Å². The summed E-state index contributed by atoms with van der Waals surface area (Å²) in [6, 6.07) is 14.6. The van der Waals surface area contributed by atoms with E-state index >= 15 is 0 Å². The molecule has 0 atom stereocenters. The first-order valence-corrected chi connectivity index (χ1v) is 7.72. The maximum absolute atomic E-state index is 12.4. The Morgan fingerprint density at radius 3 is 2.26 bits per heavy atom. The Morgan fingerprint density at radius 2 is 1.57 bits per heavy atom. The fraction of sp³-hybridized carbons (Fsp3) is 0.111. The molecule has 2 aromatic carbocycles. The molecule has 1 aliphatic rings. The van der Waals surface area contributed by atoms with Gasteiger partial charge in [-0.2, -0.15) is 0 Å². The lowest BCUT2D eigenvalue weighted by atomic mass is 10.1. The minimum atomic E-state index is -0.217. The monoisotopic (exact) mass is 324 g/mol. The smallest absolute Gasteiger partial charge is 0.261 e. The number of hydrogen-bond donors (Lipinski definition) is 0. The SMILES string of the molecule is O=C1c2ccccc2C(=O)N1CCn1ccc2cc(Cl)ccc21. The van der Waals surface area contributed by atoms with Gasteiger partial charge in [-0.05, 0) is 36.4 Å². The largest absolute Gasteiger partial charge is 0.346 e. The Labute approximate surface area is 137 Å². The van der Waals surface area contributed by atoms with Crippen LogP contribution in [0, 0.1) is 0 Å². The number of hydrogen-bond acceptors (Lipinski definition) is 2. The highest BCUT2D eigenvalue weighted by Crippen LogP contribution is 2.24. The summed E-state index contributed by atoms with van der Waals surface area (Å²) in [6.07, 6.45) is 1.94. The van der Waals surface area contributed by atoms with Gasteiger partial charge in [-0.15, -0.1) is 0 Å². The summed E-state index contributed by atoms with van der Waals surface area (Å²) in [7, 11) is 0. The van der Waals surface area contributed by atoms with Gasteiger partial charge in [0.2, 0.25) is 0 Å². The highest BCUT2D eigenvalue weighted by molar-refractivity contribution is 6.31. The number of rotatable bonds is 3. The first-order chi connectivity index (χ1) is 11.1. The van der Waals surface area contributed by atoms with Crippen LogP contribution in [0.2, 0.25) is 5.02 Å². The van der Waals surface area contributed by atoms with Gasteiger partial charge in [0, 0.05) is 35.2 Å². The highest BCUT2D eigenvalue weighted by atomic mass is 35.5. The Kier molecular flexibility index (Phi) is 3.20. The van der Waals surface area contributed by atoms with Crippen LogP contribution < -0.4 is 0 Å². The lowest BCUT2D eigenvalue weighted by Crippen LogP contribution is -2.32. The van der Waals surface area contributed by atoms with Crippen LogP contribution in [0.5, 0.6) is 0 Å². The number of fused-ring (bicyclic) bond motifs is 2. The van der Waals surface area contributed by atoms with Crippen molar-refractivity contribution in [3.63, 3.8) is 0 Å². The second kappa shape index (κ2) is 5.25. The van der Waals surface area contributed by atoms with Gasteiger partial charge in [-0.25, -0.2) is 0 Å². The fourth-order valence-corrected chi connectivity index (χ4v) is 3.20. The van der Waals surface area contributed by atoms with Gasteiger partial charge in [0.15, 0.2) is 0 Å². The van der Waals surface area contributed by atoms with Crippen molar-refractivity contribution in [2.45, 2.75) is 6.54 Å². The molecule has 114 valence electrons. The van der Waals surface area contributed by atoms with E-state index in [9.17, 15) is 9.59 Å². The Bertz CT molecular complexity index is 910. The number of imide groups is 1. The van der Waals surface area contributed by atoms with Crippen LogP contribution in [0.15, 0.2) is 54.7 Å². The van der Waals surface area contributed by atoms with Crippen molar-refractivity contribution in [2.24, 2.45) is 0 Å². The van der Waals surface area contributed by atoms with E-state index in [4.69, 9.17) is 11.6 Å². The first kappa shape index (κ1) is 14.0. The predicted octanol–water partition coefficient (Wildman–Crippen LogP) is 3.59. The standard InChI is InChI=1S/C18H13ClN2O2/c19-13-5-6-16-12(11-13)7-8-20(16)9-10-21-17(22)14-3-1-2-4-15(14)18(21)23/h1-8,11H,9-10H2. The zero-order chi connectivity index (χ0) is 16.0. The third kappa shape index (κ3) is 2.23. The Balaban J connectivity index is 1.58. The Hall–Kier alpha value is -2.59. The van der Waals surface area contributed by atoms with Crippen molar-refractivity contribution >= 4 is 34.3 Å². The summed E-state index contributed by atoms with van der Waals surface area (Å²) in [5, 5.41) is 1.73. The summed E-state index contributed by atoms with van der Waals surface area (Å²) in [4.78, 5) is 26.0. The van der Waals surface area contributed by atoms with Crippen molar-refractivity contribution in [1.29, 1.82) is 0 Å².